The number of hydrogen-bond acceptors (Lipinski definition) is 3. The summed E-state index contributed by atoms with van der Waals surface area (Å²) in [6.07, 6.45) is 0. The lowest BCUT2D eigenvalue weighted by atomic mass is 10.3. The molecule has 3 nitrogen and oxygen atoms in total. The van der Waals surface area contributed by atoms with Crippen molar-refractivity contribution in [2.45, 2.75) is 13.8 Å². The number of ether oxygens (including phenoxy) is 1. The van der Waals surface area contributed by atoms with Crippen molar-refractivity contribution >= 4 is 34.2 Å². The van der Waals surface area contributed by atoms with Crippen molar-refractivity contribution in [1.82, 2.24) is 9.97 Å². The molecule has 0 N–H and O–H groups in total. The predicted molar refractivity (Wildman–Crippen MR) is 75.7 cm³/mol. The lowest BCUT2D eigenvalue weighted by Gasteiger charge is -2.08. The Bertz CT molecular complexity index is 560. The molecule has 0 aliphatic heterocycles. The first kappa shape index (κ1) is 12.6. The normalized spacial score (nSPS) is 10.4. The summed E-state index contributed by atoms with van der Waals surface area (Å²) < 4.78 is 6.71. The summed E-state index contributed by atoms with van der Waals surface area (Å²) in [5, 5.41) is 0.284. The maximum absolute atomic E-state index is 5.99. The molecule has 0 saturated heterocycles. The van der Waals surface area contributed by atoms with Crippen LogP contribution in [-0.4, -0.2) is 9.97 Å². The van der Waals surface area contributed by atoms with Gasteiger partial charge in [-0.1, -0.05) is 17.7 Å². The minimum Gasteiger partial charge on any atom is -0.436 e. The summed E-state index contributed by atoms with van der Waals surface area (Å²) >= 11 is 8.21. The maximum atomic E-state index is 5.99. The van der Waals surface area contributed by atoms with Gasteiger partial charge in [0, 0.05) is 3.57 Å². The molecular weight excluding hydrogens is 351 g/mol. The molecule has 0 unspecified atom stereocenters. The molecule has 17 heavy (non-hydrogen) atoms. The second-order valence-corrected chi connectivity index (χ2v) is 5.15. The largest absolute Gasteiger partial charge is 0.436 e. The molecule has 0 saturated carbocycles. The van der Waals surface area contributed by atoms with Crippen LogP contribution in [0.3, 0.4) is 0 Å². The van der Waals surface area contributed by atoms with Crippen LogP contribution in [0.25, 0.3) is 0 Å². The second-order valence-electron chi connectivity index (χ2n) is 3.55. The van der Waals surface area contributed by atoms with E-state index in [9.17, 15) is 0 Å². The van der Waals surface area contributed by atoms with Crippen molar-refractivity contribution in [3.05, 3.63) is 44.4 Å². The van der Waals surface area contributed by atoms with Crippen LogP contribution in [0.15, 0.2) is 24.3 Å². The van der Waals surface area contributed by atoms with E-state index in [0.29, 0.717) is 11.6 Å². The van der Waals surface area contributed by atoms with E-state index in [1.165, 1.54) is 0 Å². The number of benzene rings is 1. The van der Waals surface area contributed by atoms with Crippen LogP contribution in [0.5, 0.6) is 11.6 Å². The van der Waals surface area contributed by atoms with E-state index in [0.717, 1.165) is 15.0 Å². The lowest BCUT2D eigenvalue weighted by molar-refractivity contribution is 0.458. The molecule has 0 radical (unpaired) electrons. The molecule has 2 aromatic rings. The van der Waals surface area contributed by atoms with Crippen LogP contribution >= 0.6 is 34.2 Å². The van der Waals surface area contributed by atoms with Crippen molar-refractivity contribution < 1.29 is 4.74 Å². The van der Waals surface area contributed by atoms with Crippen molar-refractivity contribution in [3.63, 3.8) is 0 Å². The maximum Gasteiger partial charge on any atom is 0.257 e. The van der Waals surface area contributed by atoms with Gasteiger partial charge in [0.1, 0.15) is 5.75 Å². The Morgan fingerprint density at radius 2 is 1.88 bits per heavy atom. The highest BCUT2D eigenvalue weighted by Crippen LogP contribution is 2.27. The first-order valence-corrected chi connectivity index (χ1v) is 6.46. The van der Waals surface area contributed by atoms with Gasteiger partial charge in [-0.25, -0.2) is 9.97 Å². The van der Waals surface area contributed by atoms with Gasteiger partial charge in [0.2, 0.25) is 0 Å². The molecule has 0 amide bonds. The first-order chi connectivity index (χ1) is 8.06. The zero-order valence-corrected chi connectivity index (χ0v) is 12.3. The minimum absolute atomic E-state index is 0.284. The van der Waals surface area contributed by atoms with E-state index in [4.69, 9.17) is 16.3 Å². The van der Waals surface area contributed by atoms with Gasteiger partial charge in [0.15, 0.2) is 5.15 Å². The molecule has 1 aromatic heterocycles. The third-order valence-corrected chi connectivity index (χ3v) is 3.16. The number of halogens is 2. The predicted octanol–water partition coefficient (Wildman–Crippen LogP) is 4.14. The summed E-state index contributed by atoms with van der Waals surface area (Å²) in [6, 6.07) is 7.67. The molecule has 0 aliphatic rings. The second kappa shape index (κ2) is 5.18. The molecule has 88 valence electrons. The molecule has 1 heterocycles. The summed E-state index contributed by atoms with van der Waals surface area (Å²) in [5.74, 6) is 1.05. The number of hydrogen-bond donors (Lipinski definition) is 0. The van der Waals surface area contributed by atoms with Gasteiger partial charge in [0.25, 0.3) is 5.88 Å². The van der Waals surface area contributed by atoms with Gasteiger partial charge in [0.05, 0.1) is 11.4 Å². The highest BCUT2D eigenvalue weighted by molar-refractivity contribution is 14.1. The SMILES string of the molecule is Cc1nc(Cl)c(Oc2cccc(I)c2)nc1C. The van der Waals surface area contributed by atoms with E-state index in [1.807, 2.05) is 38.1 Å². The molecule has 0 bridgehead atoms. The molecule has 2 rings (SSSR count). The molecule has 0 spiro atoms. The third-order valence-electron chi connectivity index (χ3n) is 2.25. The van der Waals surface area contributed by atoms with Crippen LogP contribution < -0.4 is 4.74 Å². The Labute approximate surface area is 118 Å². The molecular formula is C12H10ClIN2O. The zero-order chi connectivity index (χ0) is 12.4. The Hall–Kier alpha value is -0.880. The summed E-state index contributed by atoms with van der Waals surface area (Å²) in [6.45, 7) is 3.74. The van der Waals surface area contributed by atoms with Gasteiger partial charge in [-0.05, 0) is 54.6 Å². The van der Waals surface area contributed by atoms with Crippen molar-refractivity contribution in [2.24, 2.45) is 0 Å². The van der Waals surface area contributed by atoms with E-state index < -0.39 is 0 Å². The standard InChI is InChI=1S/C12H10ClIN2O/c1-7-8(2)16-12(11(13)15-7)17-10-5-3-4-9(14)6-10/h3-6H,1-2H3. The fourth-order valence-electron chi connectivity index (χ4n) is 1.26. The Morgan fingerprint density at radius 3 is 2.59 bits per heavy atom. The summed E-state index contributed by atoms with van der Waals surface area (Å²) in [7, 11) is 0. The highest BCUT2D eigenvalue weighted by atomic mass is 127. The number of aryl methyl sites for hydroxylation is 2. The van der Waals surface area contributed by atoms with Crippen molar-refractivity contribution in [2.75, 3.05) is 0 Å². The third kappa shape index (κ3) is 3.07. The van der Waals surface area contributed by atoms with Crippen LogP contribution in [0.2, 0.25) is 5.15 Å². The van der Waals surface area contributed by atoms with E-state index >= 15 is 0 Å². The topological polar surface area (TPSA) is 35.0 Å². The van der Waals surface area contributed by atoms with Crippen LogP contribution in [0, 0.1) is 17.4 Å². The van der Waals surface area contributed by atoms with E-state index in [2.05, 4.69) is 32.6 Å². The van der Waals surface area contributed by atoms with Gasteiger partial charge in [-0.2, -0.15) is 0 Å². The minimum atomic E-state index is 0.284. The fraction of sp³-hybridized carbons (Fsp3) is 0.167. The van der Waals surface area contributed by atoms with Gasteiger partial charge in [-0.3, -0.25) is 0 Å². The quantitative estimate of drug-likeness (QED) is 0.755. The van der Waals surface area contributed by atoms with E-state index in [1.54, 1.807) is 0 Å². The average molecular weight is 361 g/mol. The highest BCUT2D eigenvalue weighted by Gasteiger charge is 2.09. The van der Waals surface area contributed by atoms with E-state index in [-0.39, 0.29) is 5.15 Å². The number of rotatable bonds is 2. The van der Waals surface area contributed by atoms with Crippen molar-refractivity contribution in [3.8, 4) is 11.6 Å². The monoisotopic (exact) mass is 360 g/mol. The van der Waals surface area contributed by atoms with Gasteiger partial charge in [-0.15, -0.1) is 0 Å². The van der Waals surface area contributed by atoms with Gasteiger partial charge < -0.3 is 4.74 Å². The number of aromatic nitrogens is 2. The van der Waals surface area contributed by atoms with Crippen LogP contribution in [-0.2, 0) is 0 Å². The fourth-order valence-corrected chi connectivity index (χ4v) is 1.98. The summed E-state index contributed by atoms with van der Waals surface area (Å²) in [4.78, 5) is 8.45. The molecule has 0 atom stereocenters. The first-order valence-electron chi connectivity index (χ1n) is 5.00. The lowest BCUT2D eigenvalue weighted by Crippen LogP contribution is -1.97. The molecule has 0 aliphatic carbocycles. The smallest absolute Gasteiger partial charge is 0.257 e. The Kier molecular flexibility index (Phi) is 3.83. The molecule has 5 heteroatoms. The molecule has 1 aromatic carbocycles. The van der Waals surface area contributed by atoms with Crippen LogP contribution in [0.1, 0.15) is 11.4 Å². The van der Waals surface area contributed by atoms with Crippen molar-refractivity contribution in [1.29, 1.82) is 0 Å². The Balaban J connectivity index is 2.33. The zero-order valence-electron chi connectivity index (χ0n) is 9.37. The molecule has 0 fully saturated rings. The number of nitrogens with zero attached hydrogens (tertiary/aromatic N) is 2. The van der Waals surface area contributed by atoms with Crippen LogP contribution in [0.4, 0.5) is 0 Å². The Morgan fingerprint density at radius 1 is 1.18 bits per heavy atom. The summed E-state index contributed by atoms with van der Waals surface area (Å²) in [5.41, 5.74) is 1.63. The average Bonchev–Trinajstić information content (AvgIpc) is 2.26. The van der Waals surface area contributed by atoms with Gasteiger partial charge >= 0.3 is 0 Å².